The maximum absolute atomic E-state index is 4.46. The topological polar surface area (TPSA) is 17.8 Å². The molecule has 0 aliphatic heterocycles. The van der Waals surface area contributed by atoms with E-state index in [4.69, 9.17) is 0 Å². The maximum Gasteiger partial charge on any atom is 0.0722 e. The number of aromatic nitrogens is 2. The summed E-state index contributed by atoms with van der Waals surface area (Å²) in [6.07, 6.45) is 1.83. The number of hydrogen-bond donors (Lipinski definition) is 0. The first-order valence-electron chi connectivity index (χ1n) is 6.93. The van der Waals surface area contributed by atoms with Crippen molar-refractivity contribution in [1.29, 1.82) is 0 Å². The molecule has 22 heavy (non-hydrogen) atoms. The molecule has 1 aromatic heterocycles. The van der Waals surface area contributed by atoms with Gasteiger partial charge in [-0.2, -0.15) is 29.4 Å². The van der Waals surface area contributed by atoms with Gasteiger partial charge in [-0.3, -0.25) is 4.68 Å². The van der Waals surface area contributed by atoms with Crippen molar-refractivity contribution in [2.75, 3.05) is 0 Å². The van der Waals surface area contributed by atoms with Gasteiger partial charge in [0, 0.05) is 31.9 Å². The van der Waals surface area contributed by atoms with Gasteiger partial charge in [-0.1, -0.05) is 42.5 Å². The van der Waals surface area contributed by atoms with Crippen LogP contribution in [0.1, 0.15) is 0 Å². The average molecular weight is 462 g/mol. The number of rotatable bonds is 2. The fraction of sp³-hybridized carbons (Fsp3) is 0. The van der Waals surface area contributed by atoms with Gasteiger partial charge in [-0.05, 0) is 22.5 Å². The van der Waals surface area contributed by atoms with Gasteiger partial charge >= 0.3 is 0 Å². The molecule has 4 aromatic rings. The summed E-state index contributed by atoms with van der Waals surface area (Å²) in [6, 6.07) is 27.9. The summed E-state index contributed by atoms with van der Waals surface area (Å²) >= 11 is 0. The van der Waals surface area contributed by atoms with Gasteiger partial charge in [0.1, 0.15) is 0 Å². The van der Waals surface area contributed by atoms with E-state index < -0.39 is 0 Å². The molecule has 109 valence electrons. The predicted octanol–water partition coefficient (Wildman–Crippen LogP) is 4.49. The number of hydrogen-bond acceptors (Lipinski definition) is 1. The molecule has 0 aliphatic carbocycles. The zero-order valence-electron chi connectivity index (χ0n) is 11.7. The Morgan fingerprint density at radius 1 is 0.818 bits per heavy atom. The molecule has 1 radical (unpaired) electrons. The molecule has 0 fully saturated rings. The number of para-hydroxylation sites is 1. The Hall–Kier alpha value is -2.22. The van der Waals surface area contributed by atoms with Gasteiger partial charge in [0.15, 0.2) is 0 Å². The minimum absolute atomic E-state index is 0. The summed E-state index contributed by atoms with van der Waals surface area (Å²) in [7, 11) is 0. The predicted molar refractivity (Wildman–Crippen MR) is 85.3 cm³/mol. The molecule has 2 nitrogen and oxygen atoms in total. The van der Waals surface area contributed by atoms with Crippen molar-refractivity contribution < 1.29 is 20.1 Å². The normalized spacial score (nSPS) is 10.4. The third kappa shape index (κ3) is 2.50. The standard InChI is InChI=1S/C19H13N2.Ir/c1-2-9-16(10-3-1)21-19(13-14-20-21)18-12-6-8-15-7-4-5-11-17(15)18;/h1-9,11-14H;/q-1;. The van der Waals surface area contributed by atoms with E-state index in [9.17, 15) is 0 Å². The average Bonchev–Trinajstić information content (AvgIpc) is 3.04. The SMILES string of the molecule is [Ir].[c-]1ccccc1-n1nccc1-c1cccc2ccccc12. The van der Waals surface area contributed by atoms with Crippen LogP contribution in [0.2, 0.25) is 0 Å². The first-order valence-corrected chi connectivity index (χ1v) is 6.93. The Kier molecular flexibility index (Phi) is 4.19. The monoisotopic (exact) mass is 462 g/mol. The number of fused-ring (bicyclic) bond motifs is 1. The van der Waals surface area contributed by atoms with E-state index in [0.717, 1.165) is 11.4 Å². The van der Waals surface area contributed by atoms with Crippen molar-refractivity contribution in [2.24, 2.45) is 0 Å². The van der Waals surface area contributed by atoms with Crippen LogP contribution in [-0.2, 0) is 20.1 Å². The molecule has 0 saturated heterocycles. The first-order chi connectivity index (χ1) is 10.4. The zero-order chi connectivity index (χ0) is 14.1. The van der Waals surface area contributed by atoms with Crippen molar-refractivity contribution >= 4 is 10.8 Å². The van der Waals surface area contributed by atoms with Gasteiger partial charge in [0.25, 0.3) is 0 Å². The molecule has 0 saturated carbocycles. The van der Waals surface area contributed by atoms with E-state index in [2.05, 4.69) is 53.6 Å². The third-order valence-electron chi connectivity index (χ3n) is 3.63. The van der Waals surface area contributed by atoms with Gasteiger partial charge in [0.05, 0.1) is 5.69 Å². The van der Waals surface area contributed by atoms with Crippen molar-refractivity contribution in [1.82, 2.24) is 9.78 Å². The van der Waals surface area contributed by atoms with Crippen LogP contribution in [-0.4, -0.2) is 9.78 Å². The Bertz CT molecular complexity index is 892. The Morgan fingerprint density at radius 2 is 1.64 bits per heavy atom. The zero-order valence-corrected chi connectivity index (χ0v) is 14.1. The second kappa shape index (κ2) is 6.27. The summed E-state index contributed by atoms with van der Waals surface area (Å²) in [6.45, 7) is 0. The van der Waals surface area contributed by atoms with Gasteiger partial charge in [-0.25, -0.2) is 0 Å². The molecule has 0 atom stereocenters. The van der Waals surface area contributed by atoms with Gasteiger partial charge < -0.3 is 0 Å². The molecule has 3 heteroatoms. The van der Waals surface area contributed by atoms with Crippen LogP contribution in [0.5, 0.6) is 0 Å². The maximum atomic E-state index is 4.46. The molecule has 1 heterocycles. The van der Waals surface area contributed by atoms with Crippen LogP contribution in [0.3, 0.4) is 0 Å². The van der Waals surface area contributed by atoms with E-state index in [1.807, 2.05) is 41.2 Å². The molecular weight excluding hydrogens is 448 g/mol. The summed E-state index contributed by atoms with van der Waals surface area (Å²) in [4.78, 5) is 0. The van der Waals surface area contributed by atoms with E-state index in [1.54, 1.807) is 0 Å². The number of nitrogens with zero attached hydrogens (tertiary/aromatic N) is 2. The van der Waals surface area contributed by atoms with E-state index >= 15 is 0 Å². The molecular formula is C19H13IrN2-. The molecule has 0 unspecified atom stereocenters. The van der Waals surface area contributed by atoms with E-state index in [-0.39, 0.29) is 20.1 Å². The minimum atomic E-state index is 0. The second-order valence-corrected chi connectivity index (χ2v) is 4.90. The van der Waals surface area contributed by atoms with Crippen LogP contribution in [0.4, 0.5) is 0 Å². The molecule has 4 rings (SSSR count). The molecule has 0 amide bonds. The molecule has 0 N–H and O–H groups in total. The summed E-state index contributed by atoms with van der Waals surface area (Å²) in [5.41, 5.74) is 3.21. The number of benzene rings is 3. The van der Waals surface area contributed by atoms with E-state index in [0.29, 0.717) is 0 Å². The summed E-state index contributed by atoms with van der Waals surface area (Å²) < 4.78 is 1.93. The Balaban J connectivity index is 0.00000144. The molecule has 0 bridgehead atoms. The smallest absolute Gasteiger partial charge is 0.0722 e. The van der Waals surface area contributed by atoms with E-state index in [1.165, 1.54) is 16.3 Å². The summed E-state index contributed by atoms with van der Waals surface area (Å²) in [5.74, 6) is 0. The first kappa shape index (κ1) is 14.7. The van der Waals surface area contributed by atoms with Crippen LogP contribution in [0.15, 0.2) is 79.0 Å². The fourth-order valence-corrected chi connectivity index (χ4v) is 2.66. The van der Waals surface area contributed by atoms with Gasteiger partial charge in [0.2, 0.25) is 0 Å². The van der Waals surface area contributed by atoms with Gasteiger partial charge in [-0.15, -0.1) is 6.07 Å². The van der Waals surface area contributed by atoms with Crippen molar-refractivity contribution in [3.05, 3.63) is 85.1 Å². The third-order valence-corrected chi connectivity index (χ3v) is 3.63. The second-order valence-electron chi connectivity index (χ2n) is 4.90. The molecule has 0 spiro atoms. The Labute approximate surface area is 142 Å². The van der Waals surface area contributed by atoms with Crippen molar-refractivity contribution in [3.8, 4) is 16.9 Å². The van der Waals surface area contributed by atoms with Crippen LogP contribution >= 0.6 is 0 Å². The quantitative estimate of drug-likeness (QED) is 0.402. The van der Waals surface area contributed by atoms with Crippen LogP contribution < -0.4 is 0 Å². The largest absolute Gasteiger partial charge is 0.258 e. The molecule has 0 aliphatic rings. The van der Waals surface area contributed by atoms with Crippen LogP contribution in [0.25, 0.3) is 27.7 Å². The molecule has 3 aromatic carbocycles. The summed E-state index contributed by atoms with van der Waals surface area (Å²) in [5, 5.41) is 6.92. The van der Waals surface area contributed by atoms with Crippen LogP contribution in [0, 0.1) is 6.07 Å². The van der Waals surface area contributed by atoms with Crippen molar-refractivity contribution in [2.45, 2.75) is 0 Å². The minimum Gasteiger partial charge on any atom is -0.258 e. The van der Waals surface area contributed by atoms with Crippen molar-refractivity contribution in [3.63, 3.8) is 0 Å². The fourth-order valence-electron chi connectivity index (χ4n) is 2.66. The Morgan fingerprint density at radius 3 is 2.50 bits per heavy atom.